The van der Waals surface area contributed by atoms with Crippen molar-refractivity contribution in [1.82, 2.24) is 5.32 Å². The first kappa shape index (κ1) is 12.4. The Morgan fingerprint density at radius 1 is 1.41 bits per heavy atom. The van der Waals surface area contributed by atoms with E-state index in [0.717, 1.165) is 11.5 Å². The maximum Gasteiger partial charge on any atom is 0.129 e. The number of aryl methyl sites for hydroxylation is 1. The molecule has 0 saturated carbocycles. The fourth-order valence-corrected chi connectivity index (χ4v) is 2.76. The van der Waals surface area contributed by atoms with Crippen LogP contribution in [-0.2, 0) is 11.3 Å². The molecule has 2 aromatic rings. The van der Waals surface area contributed by atoms with Crippen molar-refractivity contribution in [2.45, 2.75) is 19.6 Å². The number of thiophene rings is 1. The van der Waals surface area contributed by atoms with Crippen molar-refractivity contribution in [3.05, 3.63) is 45.5 Å². The molecule has 92 valence electrons. The summed E-state index contributed by atoms with van der Waals surface area (Å²) in [7, 11) is 3.61. The topological polar surface area (TPSA) is 34.4 Å². The molecule has 1 N–H and O–H groups in total. The number of ether oxygens (including phenoxy) is 1. The molecule has 0 amide bonds. The molecule has 0 fully saturated rings. The van der Waals surface area contributed by atoms with E-state index in [9.17, 15) is 0 Å². The van der Waals surface area contributed by atoms with Gasteiger partial charge in [-0.25, -0.2) is 0 Å². The summed E-state index contributed by atoms with van der Waals surface area (Å²) in [5, 5.41) is 7.60. The zero-order valence-corrected chi connectivity index (χ0v) is 11.1. The van der Waals surface area contributed by atoms with Crippen molar-refractivity contribution >= 4 is 11.3 Å². The summed E-state index contributed by atoms with van der Waals surface area (Å²) < 4.78 is 10.8. The van der Waals surface area contributed by atoms with Crippen molar-refractivity contribution < 1.29 is 9.15 Å². The van der Waals surface area contributed by atoms with Gasteiger partial charge in [-0.05, 0) is 48.0 Å². The second kappa shape index (κ2) is 5.49. The van der Waals surface area contributed by atoms with Gasteiger partial charge in [0.05, 0.1) is 6.04 Å². The highest BCUT2D eigenvalue weighted by molar-refractivity contribution is 7.08. The predicted octanol–water partition coefficient (Wildman–Crippen LogP) is 3.10. The van der Waals surface area contributed by atoms with Crippen molar-refractivity contribution in [2.75, 3.05) is 14.2 Å². The minimum atomic E-state index is 0.117. The van der Waals surface area contributed by atoms with E-state index in [1.165, 1.54) is 11.1 Å². The summed E-state index contributed by atoms with van der Waals surface area (Å²) >= 11 is 1.72. The number of hydrogen-bond acceptors (Lipinski definition) is 4. The van der Waals surface area contributed by atoms with Crippen LogP contribution in [0.4, 0.5) is 0 Å². The van der Waals surface area contributed by atoms with Crippen LogP contribution >= 0.6 is 11.3 Å². The fourth-order valence-electron chi connectivity index (χ4n) is 1.89. The third-order valence-electron chi connectivity index (χ3n) is 2.75. The molecular formula is C13H17NO2S. The Kier molecular flexibility index (Phi) is 3.99. The van der Waals surface area contributed by atoms with E-state index < -0.39 is 0 Å². The Labute approximate surface area is 105 Å². The van der Waals surface area contributed by atoms with Gasteiger partial charge in [-0.1, -0.05) is 0 Å². The van der Waals surface area contributed by atoms with Gasteiger partial charge in [-0.2, -0.15) is 11.3 Å². The zero-order chi connectivity index (χ0) is 12.3. The Bertz CT molecular complexity index is 475. The highest BCUT2D eigenvalue weighted by Gasteiger charge is 2.18. The summed E-state index contributed by atoms with van der Waals surface area (Å²) in [6, 6.07) is 4.09. The number of hydrogen-bond donors (Lipinski definition) is 1. The first-order chi connectivity index (χ1) is 8.26. The van der Waals surface area contributed by atoms with Crippen molar-refractivity contribution in [2.24, 2.45) is 0 Å². The largest absolute Gasteiger partial charge is 0.462 e. The molecule has 0 spiro atoms. The van der Waals surface area contributed by atoms with Gasteiger partial charge < -0.3 is 14.5 Å². The standard InChI is InChI=1S/C13H17NO2S/c1-9-7-17-8-11(9)13(14-2)12-5-4-10(16-12)6-15-3/h4-5,7-8,13-14H,6H2,1-3H3. The Morgan fingerprint density at radius 3 is 2.82 bits per heavy atom. The molecular weight excluding hydrogens is 234 g/mol. The van der Waals surface area contributed by atoms with Crippen LogP contribution in [0.25, 0.3) is 0 Å². The van der Waals surface area contributed by atoms with Gasteiger partial charge in [0.1, 0.15) is 18.1 Å². The first-order valence-electron chi connectivity index (χ1n) is 5.53. The molecule has 0 radical (unpaired) electrons. The molecule has 2 heterocycles. The maximum absolute atomic E-state index is 5.77. The van der Waals surface area contributed by atoms with Gasteiger partial charge in [-0.3, -0.25) is 0 Å². The normalized spacial score (nSPS) is 12.9. The van der Waals surface area contributed by atoms with E-state index in [0.29, 0.717) is 6.61 Å². The van der Waals surface area contributed by atoms with Crippen LogP contribution < -0.4 is 5.32 Å². The number of rotatable bonds is 5. The van der Waals surface area contributed by atoms with E-state index in [4.69, 9.17) is 9.15 Å². The molecule has 0 aliphatic rings. The van der Waals surface area contributed by atoms with Crippen LogP contribution in [0, 0.1) is 6.92 Å². The van der Waals surface area contributed by atoms with E-state index in [-0.39, 0.29) is 6.04 Å². The number of furan rings is 1. The van der Waals surface area contributed by atoms with E-state index in [1.807, 2.05) is 19.2 Å². The van der Waals surface area contributed by atoms with Gasteiger partial charge in [0, 0.05) is 7.11 Å². The van der Waals surface area contributed by atoms with Crippen LogP contribution in [0.3, 0.4) is 0 Å². The first-order valence-corrected chi connectivity index (χ1v) is 6.48. The van der Waals surface area contributed by atoms with Crippen molar-refractivity contribution in [1.29, 1.82) is 0 Å². The summed E-state index contributed by atoms with van der Waals surface area (Å²) in [5.74, 6) is 1.79. The molecule has 0 aromatic carbocycles. The molecule has 1 atom stereocenters. The summed E-state index contributed by atoms with van der Waals surface area (Å²) in [4.78, 5) is 0. The van der Waals surface area contributed by atoms with Crippen LogP contribution in [0.1, 0.15) is 28.7 Å². The average molecular weight is 251 g/mol. The Balaban J connectivity index is 2.26. The van der Waals surface area contributed by atoms with Gasteiger partial charge in [0.25, 0.3) is 0 Å². The molecule has 0 aliphatic heterocycles. The smallest absolute Gasteiger partial charge is 0.129 e. The lowest BCUT2D eigenvalue weighted by Gasteiger charge is -2.13. The lowest BCUT2D eigenvalue weighted by molar-refractivity contribution is 0.162. The second-order valence-corrected chi connectivity index (χ2v) is 4.71. The van der Waals surface area contributed by atoms with E-state index >= 15 is 0 Å². The van der Waals surface area contributed by atoms with Crippen LogP contribution in [0.5, 0.6) is 0 Å². The summed E-state index contributed by atoms with van der Waals surface area (Å²) in [6.07, 6.45) is 0. The highest BCUT2D eigenvalue weighted by atomic mass is 32.1. The lowest BCUT2D eigenvalue weighted by Crippen LogP contribution is -2.17. The molecule has 3 nitrogen and oxygen atoms in total. The highest BCUT2D eigenvalue weighted by Crippen LogP contribution is 2.28. The van der Waals surface area contributed by atoms with Crippen molar-refractivity contribution in [3.8, 4) is 0 Å². The molecule has 0 bridgehead atoms. The predicted molar refractivity (Wildman–Crippen MR) is 69.4 cm³/mol. The SMILES string of the molecule is CNC(c1ccc(COC)o1)c1cscc1C. The maximum atomic E-state index is 5.77. The number of nitrogens with one attached hydrogen (secondary N) is 1. The van der Waals surface area contributed by atoms with E-state index in [1.54, 1.807) is 18.4 Å². The molecule has 1 unspecified atom stereocenters. The van der Waals surface area contributed by atoms with E-state index in [2.05, 4.69) is 23.0 Å². The molecule has 2 aromatic heterocycles. The van der Waals surface area contributed by atoms with Crippen LogP contribution in [0.15, 0.2) is 27.3 Å². The number of methoxy groups -OCH3 is 1. The monoisotopic (exact) mass is 251 g/mol. The quantitative estimate of drug-likeness (QED) is 0.886. The molecule has 4 heteroatoms. The molecule has 17 heavy (non-hydrogen) atoms. The minimum absolute atomic E-state index is 0.117. The van der Waals surface area contributed by atoms with Gasteiger partial charge in [0.15, 0.2) is 0 Å². The summed E-state index contributed by atoms with van der Waals surface area (Å²) in [5.41, 5.74) is 2.56. The van der Waals surface area contributed by atoms with Crippen LogP contribution in [-0.4, -0.2) is 14.2 Å². The summed E-state index contributed by atoms with van der Waals surface area (Å²) in [6.45, 7) is 2.63. The van der Waals surface area contributed by atoms with Crippen LogP contribution in [0.2, 0.25) is 0 Å². The molecule has 0 aliphatic carbocycles. The Hall–Kier alpha value is -1.10. The fraction of sp³-hybridized carbons (Fsp3) is 0.385. The van der Waals surface area contributed by atoms with Gasteiger partial charge in [-0.15, -0.1) is 0 Å². The lowest BCUT2D eigenvalue weighted by atomic mass is 10.0. The van der Waals surface area contributed by atoms with Crippen molar-refractivity contribution in [3.63, 3.8) is 0 Å². The molecule has 2 rings (SSSR count). The second-order valence-electron chi connectivity index (χ2n) is 3.97. The Morgan fingerprint density at radius 2 is 2.24 bits per heavy atom. The minimum Gasteiger partial charge on any atom is -0.462 e. The van der Waals surface area contributed by atoms with Gasteiger partial charge >= 0.3 is 0 Å². The third kappa shape index (κ3) is 2.60. The third-order valence-corrected chi connectivity index (χ3v) is 3.63. The van der Waals surface area contributed by atoms with Gasteiger partial charge in [0.2, 0.25) is 0 Å². The average Bonchev–Trinajstić information content (AvgIpc) is 2.92. The zero-order valence-electron chi connectivity index (χ0n) is 10.3. The molecule has 0 saturated heterocycles.